The fourth-order valence-electron chi connectivity index (χ4n) is 3.13. The minimum Gasteiger partial charge on any atom is -0.480 e. The SMILES string of the molecule is CC(C)C[C@H](NC(=O)CN)C(=O)N[C@@H](CO)C(=O)N[C@@H](Cc1ccccc1)C(=O)N[C@@H](C)C(=O)O. The number of aliphatic hydroxyl groups is 1. The Bertz CT molecular complexity index is 878. The van der Waals surface area contributed by atoms with E-state index in [1.54, 1.807) is 30.3 Å². The topological polar surface area (TPSA) is 200 Å². The molecule has 8 N–H and O–H groups in total. The van der Waals surface area contributed by atoms with Gasteiger partial charge in [0.15, 0.2) is 0 Å². The van der Waals surface area contributed by atoms with Crippen LogP contribution in [0.5, 0.6) is 0 Å². The van der Waals surface area contributed by atoms with Crippen LogP contribution in [0.15, 0.2) is 30.3 Å². The molecule has 0 saturated heterocycles. The van der Waals surface area contributed by atoms with E-state index in [9.17, 15) is 29.1 Å². The number of carbonyl (C=O) groups excluding carboxylic acids is 4. The number of nitrogens with one attached hydrogen (secondary N) is 4. The van der Waals surface area contributed by atoms with Crippen molar-refractivity contribution in [2.24, 2.45) is 11.7 Å². The molecule has 0 fully saturated rings. The summed E-state index contributed by atoms with van der Waals surface area (Å²) in [5.74, 6) is -4.07. The van der Waals surface area contributed by atoms with Gasteiger partial charge in [0.05, 0.1) is 13.2 Å². The molecule has 4 amide bonds. The summed E-state index contributed by atoms with van der Waals surface area (Å²) in [5, 5.41) is 28.5. The van der Waals surface area contributed by atoms with Crippen molar-refractivity contribution in [3.8, 4) is 0 Å². The third-order valence-corrected chi connectivity index (χ3v) is 5.00. The lowest BCUT2D eigenvalue weighted by molar-refractivity contribution is -0.141. The Morgan fingerprint density at radius 1 is 0.829 bits per heavy atom. The van der Waals surface area contributed by atoms with Gasteiger partial charge in [-0.25, -0.2) is 0 Å². The van der Waals surface area contributed by atoms with E-state index in [-0.39, 0.29) is 25.3 Å². The Morgan fingerprint density at radius 3 is 1.89 bits per heavy atom. The van der Waals surface area contributed by atoms with E-state index < -0.39 is 60.4 Å². The van der Waals surface area contributed by atoms with Crippen LogP contribution in [0.4, 0.5) is 0 Å². The molecule has 0 heterocycles. The number of nitrogens with two attached hydrogens (primary N) is 1. The molecule has 12 heteroatoms. The molecule has 0 aromatic heterocycles. The Morgan fingerprint density at radius 2 is 1.37 bits per heavy atom. The Labute approximate surface area is 204 Å². The lowest BCUT2D eigenvalue weighted by atomic mass is 10.0. The molecule has 0 radical (unpaired) electrons. The highest BCUT2D eigenvalue weighted by Crippen LogP contribution is 2.07. The highest BCUT2D eigenvalue weighted by molar-refractivity contribution is 5.95. The number of carbonyl (C=O) groups is 5. The summed E-state index contributed by atoms with van der Waals surface area (Å²) in [6, 6.07) is 3.94. The molecule has 1 aromatic carbocycles. The molecule has 0 aliphatic rings. The maximum Gasteiger partial charge on any atom is 0.325 e. The van der Waals surface area contributed by atoms with Gasteiger partial charge >= 0.3 is 5.97 Å². The van der Waals surface area contributed by atoms with Crippen molar-refractivity contribution in [1.82, 2.24) is 21.3 Å². The zero-order valence-electron chi connectivity index (χ0n) is 20.1. The highest BCUT2D eigenvalue weighted by Gasteiger charge is 2.30. The number of amides is 4. The number of hydrogen-bond donors (Lipinski definition) is 7. The van der Waals surface area contributed by atoms with E-state index in [4.69, 9.17) is 10.8 Å². The molecular weight excluding hydrogens is 458 g/mol. The van der Waals surface area contributed by atoms with Crippen LogP contribution in [0.2, 0.25) is 0 Å². The Kier molecular flexibility index (Phi) is 12.4. The van der Waals surface area contributed by atoms with Gasteiger partial charge in [-0.3, -0.25) is 24.0 Å². The molecule has 0 bridgehead atoms. The van der Waals surface area contributed by atoms with Crippen molar-refractivity contribution in [2.45, 2.75) is 57.8 Å². The zero-order valence-corrected chi connectivity index (χ0v) is 20.1. The van der Waals surface area contributed by atoms with Crippen molar-refractivity contribution < 1.29 is 34.2 Å². The first-order chi connectivity index (χ1) is 16.5. The third kappa shape index (κ3) is 10.5. The van der Waals surface area contributed by atoms with Crippen LogP contribution in [-0.4, -0.2) is 77.1 Å². The largest absolute Gasteiger partial charge is 0.480 e. The predicted octanol–water partition coefficient (Wildman–Crippen LogP) is -1.73. The lowest BCUT2D eigenvalue weighted by Crippen LogP contribution is -2.59. The van der Waals surface area contributed by atoms with Crippen LogP contribution < -0.4 is 27.0 Å². The zero-order chi connectivity index (χ0) is 26.5. The number of aliphatic hydroxyl groups excluding tert-OH is 1. The van der Waals surface area contributed by atoms with Gasteiger partial charge in [-0.2, -0.15) is 0 Å². The molecule has 194 valence electrons. The molecule has 0 unspecified atom stereocenters. The molecule has 1 rings (SSSR count). The van der Waals surface area contributed by atoms with Crippen molar-refractivity contribution in [2.75, 3.05) is 13.2 Å². The maximum absolute atomic E-state index is 12.9. The third-order valence-electron chi connectivity index (χ3n) is 5.00. The van der Waals surface area contributed by atoms with Gasteiger partial charge < -0.3 is 37.2 Å². The van der Waals surface area contributed by atoms with Crippen molar-refractivity contribution in [1.29, 1.82) is 0 Å². The van der Waals surface area contributed by atoms with E-state index in [1.807, 2.05) is 13.8 Å². The van der Waals surface area contributed by atoms with Gasteiger partial charge in [0.25, 0.3) is 0 Å². The molecule has 1 aromatic rings. The monoisotopic (exact) mass is 493 g/mol. The first kappa shape index (κ1) is 29.5. The number of rotatable bonds is 14. The first-order valence-corrected chi connectivity index (χ1v) is 11.3. The van der Waals surface area contributed by atoms with Crippen LogP contribution in [0.1, 0.15) is 32.8 Å². The summed E-state index contributed by atoms with van der Waals surface area (Å²) in [6.07, 6.45) is 0.308. The van der Waals surface area contributed by atoms with Crippen LogP contribution >= 0.6 is 0 Å². The van der Waals surface area contributed by atoms with Crippen LogP contribution in [0.3, 0.4) is 0 Å². The molecule has 0 aliphatic carbocycles. The van der Waals surface area contributed by atoms with Gasteiger partial charge in [0.2, 0.25) is 23.6 Å². The molecule has 4 atom stereocenters. The van der Waals surface area contributed by atoms with E-state index in [0.29, 0.717) is 5.56 Å². The van der Waals surface area contributed by atoms with Gasteiger partial charge in [-0.1, -0.05) is 44.2 Å². The fraction of sp³-hybridized carbons (Fsp3) is 0.522. The van der Waals surface area contributed by atoms with E-state index in [2.05, 4.69) is 21.3 Å². The van der Waals surface area contributed by atoms with Crippen LogP contribution in [0.25, 0.3) is 0 Å². The van der Waals surface area contributed by atoms with E-state index in [1.165, 1.54) is 6.92 Å². The van der Waals surface area contributed by atoms with Gasteiger partial charge in [-0.15, -0.1) is 0 Å². The van der Waals surface area contributed by atoms with Crippen LogP contribution in [0, 0.1) is 5.92 Å². The smallest absolute Gasteiger partial charge is 0.325 e. The Hall–Kier alpha value is -3.51. The van der Waals surface area contributed by atoms with E-state index >= 15 is 0 Å². The van der Waals surface area contributed by atoms with Crippen molar-refractivity contribution in [3.63, 3.8) is 0 Å². The number of carboxylic acid groups (broad SMARTS) is 1. The number of benzene rings is 1. The number of hydrogen-bond acceptors (Lipinski definition) is 7. The summed E-state index contributed by atoms with van der Waals surface area (Å²) in [6.45, 7) is 3.87. The van der Waals surface area contributed by atoms with Gasteiger partial charge in [-0.05, 0) is 24.8 Å². The average Bonchev–Trinajstić information content (AvgIpc) is 2.81. The number of carboxylic acids is 1. The summed E-state index contributed by atoms with van der Waals surface area (Å²) in [4.78, 5) is 61.1. The van der Waals surface area contributed by atoms with Crippen LogP contribution in [-0.2, 0) is 30.4 Å². The lowest BCUT2D eigenvalue weighted by Gasteiger charge is -2.25. The quantitative estimate of drug-likeness (QED) is 0.158. The van der Waals surface area contributed by atoms with Gasteiger partial charge in [0.1, 0.15) is 24.2 Å². The Balaban J connectivity index is 3.00. The van der Waals surface area contributed by atoms with Crippen molar-refractivity contribution >= 4 is 29.6 Å². The molecule has 0 saturated carbocycles. The van der Waals surface area contributed by atoms with E-state index in [0.717, 1.165) is 0 Å². The summed E-state index contributed by atoms with van der Waals surface area (Å²) in [7, 11) is 0. The molecular formula is C23H35N5O7. The molecule has 0 spiro atoms. The summed E-state index contributed by atoms with van der Waals surface area (Å²) in [5.41, 5.74) is 6.00. The standard InChI is InChI=1S/C23H35N5O7/c1-13(2)9-16(26-19(30)11-24)21(32)28-18(12-29)22(33)27-17(10-15-7-5-4-6-8-15)20(31)25-14(3)23(34)35/h4-8,13-14,16-18,29H,9-12,24H2,1-3H3,(H,25,31)(H,26,30)(H,27,33)(H,28,32)(H,34,35)/t14-,16-,17-,18-/m0/s1. The maximum atomic E-state index is 12.9. The molecule has 0 aliphatic heterocycles. The summed E-state index contributed by atoms with van der Waals surface area (Å²) >= 11 is 0. The second-order valence-corrected chi connectivity index (χ2v) is 8.52. The summed E-state index contributed by atoms with van der Waals surface area (Å²) < 4.78 is 0. The molecule has 12 nitrogen and oxygen atoms in total. The minimum absolute atomic E-state index is 0.0281. The first-order valence-electron chi connectivity index (χ1n) is 11.3. The minimum atomic E-state index is -1.42. The average molecular weight is 494 g/mol. The fourth-order valence-corrected chi connectivity index (χ4v) is 3.13. The van der Waals surface area contributed by atoms with Gasteiger partial charge in [0, 0.05) is 6.42 Å². The van der Waals surface area contributed by atoms with Crippen molar-refractivity contribution in [3.05, 3.63) is 35.9 Å². The normalized spacial score (nSPS) is 14.2. The second-order valence-electron chi connectivity index (χ2n) is 8.52. The number of aliphatic carboxylic acids is 1. The molecule has 35 heavy (non-hydrogen) atoms. The second kappa shape index (κ2) is 14.7. The predicted molar refractivity (Wildman–Crippen MR) is 127 cm³/mol. The highest BCUT2D eigenvalue weighted by atomic mass is 16.4.